The number of fused-ring (bicyclic) bond motifs is 1. The lowest BCUT2D eigenvalue weighted by molar-refractivity contribution is -0.139. The number of nitrogens with zero attached hydrogens (tertiary/aromatic N) is 5. The van der Waals surface area contributed by atoms with Gasteiger partial charge in [0, 0.05) is 57.9 Å². The van der Waals surface area contributed by atoms with Crippen molar-refractivity contribution in [1.82, 2.24) is 19.8 Å². The first-order valence-electron chi connectivity index (χ1n) is 13.7. The first kappa shape index (κ1) is 29.4. The Balaban J connectivity index is 1.30. The summed E-state index contributed by atoms with van der Waals surface area (Å²) < 4.78 is 73.9. The summed E-state index contributed by atoms with van der Waals surface area (Å²) in [4.78, 5) is 37.9. The number of alkyl halides is 3. The molecule has 0 bridgehead atoms. The number of nitrogens with one attached hydrogen (secondary N) is 1. The molecule has 0 aliphatic carbocycles. The van der Waals surface area contributed by atoms with Crippen LogP contribution in [0.3, 0.4) is 0 Å². The summed E-state index contributed by atoms with van der Waals surface area (Å²) in [6.07, 6.45) is -3.82. The zero-order chi connectivity index (χ0) is 31.4. The number of hydrogen-bond donors (Lipinski definition) is 1. The zero-order valence-electron chi connectivity index (χ0n) is 24.0. The summed E-state index contributed by atoms with van der Waals surface area (Å²) in [5, 5.41) is 2.68. The molecule has 4 heterocycles. The van der Waals surface area contributed by atoms with Gasteiger partial charge in [-0.3, -0.25) is 9.69 Å². The molecule has 15 heteroatoms. The maximum absolute atomic E-state index is 15.5. The van der Waals surface area contributed by atoms with Gasteiger partial charge in [0.2, 0.25) is 11.8 Å². The lowest BCUT2D eigenvalue weighted by Gasteiger charge is -2.35. The first-order valence-corrected chi connectivity index (χ1v) is 13.7. The predicted molar refractivity (Wildman–Crippen MR) is 149 cm³/mol. The van der Waals surface area contributed by atoms with E-state index < -0.39 is 41.0 Å². The molecular formula is C29H28F4N6O5. The second kappa shape index (κ2) is 10.8. The van der Waals surface area contributed by atoms with Gasteiger partial charge < -0.3 is 29.3 Å². The fourth-order valence-corrected chi connectivity index (χ4v) is 5.59. The highest BCUT2D eigenvalue weighted by atomic mass is 19.4. The second-order valence-electron chi connectivity index (χ2n) is 11.0. The summed E-state index contributed by atoms with van der Waals surface area (Å²) in [5.41, 5.74) is -1.35. The number of piperidine rings is 1. The molecule has 3 aliphatic heterocycles. The molecule has 2 amide bonds. The molecule has 2 fully saturated rings. The van der Waals surface area contributed by atoms with E-state index in [2.05, 4.69) is 20.2 Å². The Hall–Kier alpha value is -4.66. The Morgan fingerprint density at radius 2 is 1.84 bits per heavy atom. The van der Waals surface area contributed by atoms with Crippen LogP contribution in [0, 0.1) is 5.82 Å². The van der Waals surface area contributed by atoms with Gasteiger partial charge in [0.15, 0.2) is 0 Å². The number of ether oxygens (including phenoxy) is 3. The Labute approximate surface area is 249 Å². The minimum atomic E-state index is -4.88. The minimum Gasteiger partial charge on any atom is -0.494 e. The third-order valence-corrected chi connectivity index (χ3v) is 8.02. The van der Waals surface area contributed by atoms with E-state index >= 15 is 4.39 Å². The highest BCUT2D eigenvalue weighted by Gasteiger charge is 2.48. The smallest absolute Gasteiger partial charge is 0.423 e. The van der Waals surface area contributed by atoms with Crippen LogP contribution < -0.4 is 19.7 Å². The highest BCUT2D eigenvalue weighted by molar-refractivity contribution is 6.01. The van der Waals surface area contributed by atoms with E-state index in [1.54, 1.807) is 19.2 Å². The Bertz CT molecular complexity index is 1640. The van der Waals surface area contributed by atoms with E-state index in [9.17, 15) is 22.8 Å². The zero-order valence-corrected chi connectivity index (χ0v) is 24.0. The van der Waals surface area contributed by atoms with Crippen molar-refractivity contribution >= 4 is 29.3 Å². The number of carbonyl (C=O) groups is 2. The number of methoxy groups -OCH3 is 1. The molecule has 232 valence electrons. The van der Waals surface area contributed by atoms with Gasteiger partial charge in [-0.05, 0) is 18.7 Å². The van der Waals surface area contributed by atoms with Crippen molar-refractivity contribution in [1.29, 1.82) is 0 Å². The fraction of sp³-hybridized carbons (Fsp3) is 0.379. The maximum Gasteiger partial charge on any atom is 0.423 e. The number of benzene rings is 2. The topological polar surface area (TPSA) is 109 Å². The third kappa shape index (κ3) is 5.31. The third-order valence-electron chi connectivity index (χ3n) is 8.02. The molecule has 0 unspecified atom stereocenters. The number of carbonyl (C=O) groups excluding carboxylic acids is 2. The average molecular weight is 617 g/mol. The summed E-state index contributed by atoms with van der Waals surface area (Å²) in [6, 6.07) is 6.95. The summed E-state index contributed by atoms with van der Waals surface area (Å²) >= 11 is 0. The molecule has 0 radical (unpaired) electrons. The minimum absolute atomic E-state index is 0.0153. The lowest BCUT2D eigenvalue weighted by Crippen LogP contribution is -2.45. The molecule has 1 aromatic heterocycles. The number of rotatable bonds is 6. The molecule has 11 nitrogen and oxygen atoms in total. The van der Waals surface area contributed by atoms with Crippen molar-refractivity contribution in [3.05, 3.63) is 59.0 Å². The Morgan fingerprint density at radius 1 is 1.09 bits per heavy atom. The Morgan fingerprint density at radius 3 is 2.55 bits per heavy atom. The largest absolute Gasteiger partial charge is 0.494 e. The molecule has 6 rings (SSSR count). The van der Waals surface area contributed by atoms with Crippen LogP contribution in [0.1, 0.15) is 34.3 Å². The number of likely N-dealkylation sites (tertiary alicyclic amines) is 1. The standard InChI is InChI=1S/C29H28F4N6O5/c1-37-9-7-28(8-10-37)15-39(27(41)44-28)20-12-22(42-3)19(11-18(20)30)35-26-34-13-17(29(31,32)33)24(36-26)43-21-6-4-5-16-14-38(2)25(40)23(16)21/h4-6,11-13H,7-10,14-15H2,1-3H3,(H,34,35,36). The Kier molecular flexibility index (Phi) is 7.22. The van der Waals surface area contributed by atoms with Crippen molar-refractivity contribution < 1.29 is 41.4 Å². The fourth-order valence-electron chi connectivity index (χ4n) is 5.59. The van der Waals surface area contributed by atoms with Crippen LogP contribution in [0.5, 0.6) is 17.4 Å². The van der Waals surface area contributed by atoms with Gasteiger partial charge in [-0.2, -0.15) is 18.2 Å². The van der Waals surface area contributed by atoms with Crippen molar-refractivity contribution in [2.75, 3.05) is 51.1 Å². The predicted octanol–water partition coefficient (Wildman–Crippen LogP) is 5.19. The van der Waals surface area contributed by atoms with Gasteiger partial charge in [0.25, 0.3) is 5.91 Å². The monoisotopic (exact) mass is 616 g/mol. The second-order valence-corrected chi connectivity index (χ2v) is 11.0. The lowest BCUT2D eigenvalue weighted by atomic mass is 9.91. The summed E-state index contributed by atoms with van der Waals surface area (Å²) in [6.45, 7) is 1.91. The van der Waals surface area contributed by atoms with Crippen molar-refractivity contribution in [3.63, 3.8) is 0 Å². The number of halogens is 4. The van der Waals surface area contributed by atoms with E-state index in [1.165, 1.54) is 29.0 Å². The van der Waals surface area contributed by atoms with Crippen LogP contribution in [0.15, 0.2) is 36.5 Å². The van der Waals surface area contributed by atoms with Crippen molar-refractivity contribution in [3.8, 4) is 17.4 Å². The quantitative estimate of drug-likeness (QED) is 0.375. The van der Waals surface area contributed by atoms with E-state index in [0.29, 0.717) is 24.6 Å². The molecular weight excluding hydrogens is 588 g/mol. The molecule has 1 spiro atoms. The maximum atomic E-state index is 15.5. The highest BCUT2D eigenvalue weighted by Crippen LogP contribution is 2.42. The van der Waals surface area contributed by atoms with Gasteiger partial charge in [0.05, 0.1) is 30.6 Å². The molecule has 3 aromatic rings. The van der Waals surface area contributed by atoms with Crippen LogP contribution in [-0.4, -0.2) is 78.2 Å². The summed E-state index contributed by atoms with van der Waals surface area (Å²) in [5.74, 6) is -2.45. The molecule has 1 N–H and O–H groups in total. The molecule has 0 saturated carbocycles. The van der Waals surface area contributed by atoms with Crippen LogP contribution in [0.25, 0.3) is 0 Å². The van der Waals surface area contributed by atoms with Crippen molar-refractivity contribution in [2.24, 2.45) is 0 Å². The average Bonchev–Trinajstić information content (AvgIpc) is 3.45. The van der Waals surface area contributed by atoms with Gasteiger partial charge in [0.1, 0.15) is 28.5 Å². The van der Waals surface area contributed by atoms with E-state index in [0.717, 1.165) is 19.2 Å². The van der Waals surface area contributed by atoms with Crippen LogP contribution in [0.4, 0.5) is 39.7 Å². The van der Waals surface area contributed by atoms with Gasteiger partial charge >= 0.3 is 12.3 Å². The van der Waals surface area contributed by atoms with Gasteiger partial charge in [-0.1, -0.05) is 12.1 Å². The van der Waals surface area contributed by atoms with Crippen LogP contribution in [-0.2, 0) is 17.5 Å². The molecule has 2 aromatic carbocycles. The van der Waals surface area contributed by atoms with Gasteiger partial charge in [-0.25, -0.2) is 14.2 Å². The van der Waals surface area contributed by atoms with E-state index in [1.807, 2.05) is 7.05 Å². The molecule has 2 saturated heterocycles. The van der Waals surface area contributed by atoms with E-state index in [4.69, 9.17) is 14.2 Å². The molecule has 3 aliphatic rings. The number of anilines is 3. The van der Waals surface area contributed by atoms with Crippen LogP contribution in [0.2, 0.25) is 0 Å². The summed E-state index contributed by atoms with van der Waals surface area (Å²) in [7, 11) is 4.85. The number of hydrogen-bond acceptors (Lipinski definition) is 9. The SMILES string of the molecule is COc1cc(N2CC3(CCN(C)CC3)OC2=O)c(F)cc1Nc1ncc(C(F)(F)F)c(Oc2cccc3c2C(=O)N(C)C3)n1. The number of amides is 2. The van der Waals surface area contributed by atoms with E-state index in [-0.39, 0.29) is 47.5 Å². The normalized spacial score (nSPS) is 18.1. The first-order chi connectivity index (χ1) is 20.9. The molecule has 44 heavy (non-hydrogen) atoms. The molecule has 0 atom stereocenters. The van der Waals surface area contributed by atoms with Crippen molar-refractivity contribution in [2.45, 2.75) is 31.2 Å². The van der Waals surface area contributed by atoms with Gasteiger partial charge in [-0.15, -0.1) is 0 Å². The number of aromatic nitrogens is 2. The van der Waals surface area contributed by atoms with Crippen LogP contribution >= 0.6 is 0 Å².